The molecular formula is C14H21FN2. The SMILES string of the molecule is Nc1ccc2c(c1)CN(CCCCCF)CC2. The summed E-state index contributed by atoms with van der Waals surface area (Å²) in [5.74, 6) is 0. The van der Waals surface area contributed by atoms with Gasteiger partial charge >= 0.3 is 0 Å². The molecule has 0 unspecified atom stereocenters. The number of hydrogen-bond donors (Lipinski definition) is 1. The summed E-state index contributed by atoms with van der Waals surface area (Å²) in [6.07, 6.45) is 3.91. The zero-order valence-electron chi connectivity index (χ0n) is 10.3. The molecule has 2 N–H and O–H groups in total. The monoisotopic (exact) mass is 236 g/mol. The minimum atomic E-state index is -0.181. The number of unbranched alkanes of at least 4 members (excludes halogenated alkanes) is 2. The number of benzene rings is 1. The number of nitrogens with zero attached hydrogens (tertiary/aromatic N) is 1. The van der Waals surface area contributed by atoms with Gasteiger partial charge in [0.05, 0.1) is 6.67 Å². The lowest BCUT2D eigenvalue weighted by atomic mass is 9.99. The molecule has 1 aromatic carbocycles. The molecule has 0 fully saturated rings. The van der Waals surface area contributed by atoms with Crippen molar-refractivity contribution in [3.05, 3.63) is 29.3 Å². The topological polar surface area (TPSA) is 29.3 Å². The van der Waals surface area contributed by atoms with Gasteiger partial charge in [0, 0.05) is 18.8 Å². The standard InChI is InChI=1S/C14H21FN2/c15-7-2-1-3-8-17-9-6-12-4-5-14(16)10-13(12)11-17/h4-5,10H,1-3,6-9,11,16H2. The van der Waals surface area contributed by atoms with Gasteiger partial charge in [-0.25, -0.2) is 0 Å². The van der Waals surface area contributed by atoms with Crippen molar-refractivity contribution >= 4 is 5.69 Å². The summed E-state index contributed by atoms with van der Waals surface area (Å²) >= 11 is 0. The van der Waals surface area contributed by atoms with E-state index in [-0.39, 0.29) is 6.67 Å². The van der Waals surface area contributed by atoms with E-state index >= 15 is 0 Å². The van der Waals surface area contributed by atoms with E-state index in [4.69, 9.17) is 5.73 Å². The van der Waals surface area contributed by atoms with Gasteiger partial charge < -0.3 is 5.73 Å². The largest absolute Gasteiger partial charge is 0.399 e. The Hall–Kier alpha value is -1.09. The smallest absolute Gasteiger partial charge is 0.0894 e. The molecule has 0 radical (unpaired) electrons. The molecule has 0 bridgehead atoms. The number of nitrogens with two attached hydrogens (primary N) is 1. The minimum absolute atomic E-state index is 0.181. The van der Waals surface area contributed by atoms with Crippen LogP contribution in [0, 0.1) is 0 Å². The third kappa shape index (κ3) is 3.43. The lowest BCUT2D eigenvalue weighted by Crippen LogP contribution is -2.31. The van der Waals surface area contributed by atoms with E-state index in [1.165, 1.54) is 11.1 Å². The van der Waals surface area contributed by atoms with E-state index in [2.05, 4.69) is 17.0 Å². The van der Waals surface area contributed by atoms with Gasteiger partial charge in [0.2, 0.25) is 0 Å². The highest BCUT2D eigenvalue weighted by atomic mass is 19.1. The van der Waals surface area contributed by atoms with Crippen LogP contribution in [0.25, 0.3) is 0 Å². The van der Waals surface area contributed by atoms with Crippen molar-refractivity contribution in [2.24, 2.45) is 0 Å². The molecule has 1 aliphatic heterocycles. The van der Waals surface area contributed by atoms with Crippen LogP contribution >= 0.6 is 0 Å². The Morgan fingerprint density at radius 1 is 1.18 bits per heavy atom. The van der Waals surface area contributed by atoms with Crippen LogP contribution in [0.3, 0.4) is 0 Å². The van der Waals surface area contributed by atoms with Gasteiger partial charge in [-0.05, 0) is 55.5 Å². The Morgan fingerprint density at radius 2 is 2.06 bits per heavy atom. The first kappa shape index (κ1) is 12.4. The number of hydrogen-bond acceptors (Lipinski definition) is 2. The van der Waals surface area contributed by atoms with Crippen LogP contribution in [0.4, 0.5) is 10.1 Å². The van der Waals surface area contributed by atoms with Crippen molar-refractivity contribution in [3.8, 4) is 0 Å². The van der Waals surface area contributed by atoms with Crippen LogP contribution in [0.15, 0.2) is 18.2 Å². The second kappa shape index (κ2) is 6.01. The van der Waals surface area contributed by atoms with Crippen molar-refractivity contribution in [2.45, 2.75) is 32.2 Å². The maximum absolute atomic E-state index is 12.0. The van der Waals surface area contributed by atoms with Crippen molar-refractivity contribution in [3.63, 3.8) is 0 Å². The summed E-state index contributed by atoms with van der Waals surface area (Å²) in [4.78, 5) is 2.44. The molecule has 17 heavy (non-hydrogen) atoms. The molecule has 0 spiro atoms. The van der Waals surface area contributed by atoms with Crippen LogP contribution in [-0.2, 0) is 13.0 Å². The number of anilines is 1. The van der Waals surface area contributed by atoms with Gasteiger partial charge in [-0.2, -0.15) is 0 Å². The van der Waals surface area contributed by atoms with Gasteiger partial charge in [-0.1, -0.05) is 6.07 Å². The number of fused-ring (bicyclic) bond motifs is 1. The maximum Gasteiger partial charge on any atom is 0.0894 e. The van der Waals surface area contributed by atoms with Crippen LogP contribution < -0.4 is 5.73 Å². The van der Waals surface area contributed by atoms with E-state index in [0.29, 0.717) is 6.42 Å². The lowest BCUT2D eigenvalue weighted by molar-refractivity contribution is 0.247. The molecule has 2 nitrogen and oxygen atoms in total. The highest BCUT2D eigenvalue weighted by Crippen LogP contribution is 2.21. The van der Waals surface area contributed by atoms with E-state index in [1.807, 2.05) is 6.07 Å². The summed E-state index contributed by atoms with van der Waals surface area (Å²) in [5.41, 5.74) is 9.45. The number of rotatable bonds is 5. The molecule has 94 valence electrons. The quantitative estimate of drug-likeness (QED) is 0.629. The molecule has 0 amide bonds. The molecule has 1 heterocycles. The van der Waals surface area contributed by atoms with Gasteiger partial charge in [0.25, 0.3) is 0 Å². The number of nitrogen functional groups attached to an aromatic ring is 1. The Balaban J connectivity index is 1.85. The van der Waals surface area contributed by atoms with Crippen LogP contribution in [0.2, 0.25) is 0 Å². The van der Waals surface area contributed by atoms with Crippen LogP contribution in [-0.4, -0.2) is 24.7 Å². The number of halogens is 1. The fourth-order valence-electron chi connectivity index (χ4n) is 2.43. The molecule has 1 aliphatic rings. The first-order valence-corrected chi connectivity index (χ1v) is 6.45. The third-order valence-electron chi connectivity index (χ3n) is 3.43. The molecule has 2 rings (SSSR count). The normalized spacial score (nSPS) is 15.8. The molecular weight excluding hydrogens is 215 g/mol. The van der Waals surface area contributed by atoms with Crippen molar-refractivity contribution in [1.82, 2.24) is 4.90 Å². The minimum Gasteiger partial charge on any atom is -0.399 e. The second-order valence-electron chi connectivity index (χ2n) is 4.80. The molecule has 0 saturated heterocycles. The van der Waals surface area contributed by atoms with Gasteiger partial charge in [-0.15, -0.1) is 0 Å². The predicted molar refractivity (Wildman–Crippen MR) is 69.7 cm³/mol. The van der Waals surface area contributed by atoms with E-state index < -0.39 is 0 Å². The van der Waals surface area contributed by atoms with E-state index in [1.54, 1.807) is 0 Å². The first-order valence-electron chi connectivity index (χ1n) is 6.45. The Labute approximate surface area is 103 Å². The Kier molecular flexibility index (Phi) is 4.37. The van der Waals surface area contributed by atoms with Crippen LogP contribution in [0.5, 0.6) is 0 Å². The predicted octanol–water partition coefficient (Wildman–Crippen LogP) is 2.77. The lowest BCUT2D eigenvalue weighted by Gasteiger charge is -2.28. The molecule has 3 heteroatoms. The summed E-state index contributed by atoms with van der Waals surface area (Å²) in [5, 5.41) is 0. The van der Waals surface area contributed by atoms with Crippen molar-refractivity contribution in [2.75, 3.05) is 25.5 Å². The molecule has 0 saturated carbocycles. The highest BCUT2D eigenvalue weighted by molar-refractivity contribution is 5.45. The third-order valence-corrected chi connectivity index (χ3v) is 3.43. The van der Waals surface area contributed by atoms with Gasteiger partial charge in [-0.3, -0.25) is 9.29 Å². The van der Waals surface area contributed by atoms with E-state index in [9.17, 15) is 4.39 Å². The maximum atomic E-state index is 12.0. The van der Waals surface area contributed by atoms with Gasteiger partial charge in [0.1, 0.15) is 0 Å². The van der Waals surface area contributed by atoms with Crippen LogP contribution in [0.1, 0.15) is 30.4 Å². The Bertz CT molecular complexity index is 365. The zero-order chi connectivity index (χ0) is 12.1. The first-order chi connectivity index (χ1) is 8.29. The van der Waals surface area contributed by atoms with Gasteiger partial charge in [0.15, 0.2) is 0 Å². The second-order valence-corrected chi connectivity index (χ2v) is 4.80. The average molecular weight is 236 g/mol. The van der Waals surface area contributed by atoms with E-state index in [0.717, 1.165) is 44.6 Å². The zero-order valence-corrected chi connectivity index (χ0v) is 10.3. The summed E-state index contributed by atoms with van der Waals surface area (Å²) in [6, 6.07) is 6.21. The molecule has 1 aromatic rings. The summed E-state index contributed by atoms with van der Waals surface area (Å²) in [7, 11) is 0. The fourth-order valence-corrected chi connectivity index (χ4v) is 2.43. The Morgan fingerprint density at radius 3 is 2.88 bits per heavy atom. The molecule has 0 aliphatic carbocycles. The summed E-state index contributed by atoms with van der Waals surface area (Å²) < 4.78 is 12.0. The van der Waals surface area contributed by atoms with Crippen molar-refractivity contribution < 1.29 is 4.39 Å². The average Bonchev–Trinajstić information content (AvgIpc) is 2.34. The van der Waals surface area contributed by atoms with Crippen molar-refractivity contribution in [1.29, 1.82) is 0 Å². The highest BCUT2D eigenvalue weighted by Gasteiger charge is 2.15. The molecule has 0 atom stereocenters. The fraction of sp³-hybridized carbons (Fsp3) is 0.571. The number of alkyl halides is 1. The summed E-state index contributed by atoms with van der Waals surface area (Å²) in [6.45, 7) is 3.01. The molecule has 0 aromatic heterocycles.